The molecule has 0 spiro atoms. The normalized spacial score (nSPS) is 11.3. The van der Waals surface area contributed by atoms with Crippen LogP contribution in [0.25, 0.3) is 0 Å². The van der Waals surface area contributed by atoms with Gasteiger partial charge in [-0.2, -0.15) is 0 Å². The van der Waals surface area contributed by atoms with Gasteiger partial charge in [0.05, 0.1) is 11.5 Å². The third kappa shape index (κ3) is 3.57. The molecule has 0 aliphatic heterocycles. The van der Waals surface area contributed by atoms with Gasteiger partial charge in [0.2, 0.25) is 0 Å². The average Bonchev–Trinajstić information content (AvgIpc) is 2.42. The molecule has 0 aliphatic carbocycles. The number of hydrogen-bond acceptors (Lipinski definition) is 4. The first-order chi connectivity index (χ1) is 10.3. The first-order valence-electron chi connectivity index (χ1n) is 7.03. The van der Waals surface area contributed by atoms with Crippen LogP contribution in [0, 0.1) is 20.8 Å². The minimum absolute atomic E-state index is 0.233. The van der Waals surface area contributed by atoms with Crippen LogP contribution in [0.4, 0.5) is 5.82 Å². The van der Waals surface area contributed by atoms with Crippen molar-refractivity contribution in [3.63, 3.8) is 0 Å². The van der Waals surface area contributed by atoms with Crippen LogP contribution in [-0.4, -0.2) is 20.0 Å². The molecule has 0 saturated heterocycles. The Morgan fingerprint density at radius 1 is 1.14 bits per heavy atom. The lowest BCUT2D eigenvalue weighted by molar-refractivity contribution is 0.337. The number of ether oxygens (including phenoxy) is 1. The van der Waals surface area contributed by atoms with Crippen LogP contribution in [0.2, 0.25) is 0 Å². The van der Waals surface area contributed by atoms with E-state index in [-0.39, 0.29) is 4.90 Å². The fraction of sp³-hybridized carbons (Fsp3) is 0.312. The first-order valence-corrected chi connectivity index (χ1v) is 8.51. The summed E-state index contributed by atoms with van der Waals surface area (Å²) in [6, 6.07) is 6.87. The van der Waals surface area contributed by atoms with Gasteiger partial charge in [-0.05, 0) is 68.7 Å². The highest BCUT2D eigenvalue weighted by molar-refractivity contribution is 7.92. The van der Waals surface area contributed by atoms with E-state index in [9.17, 15) is 8.42 Å². The zero-order valence-corrected chi connectivity index (χ0v) is 14.0. The molecule has 0 bridgehead atoms. The Hall–Kier alpha value is -2.08. The van der Waals surface area contributed by atoms with E-state index in [1.54, 1.807) is 31.3 Å². The molecule has 1 N–H and O–H groups in total. The molecule has 0 unspecified atom stereocenters. The molecular formula is C16H20N2O3S. The molecule has 0 aliphatic rings. The van der Waals surface area contributed by atoms with Crippen molar-refractivity contribution in [3.8, 4) is 5.75 Å². The molecule has 5 nitrogen and oxygen atoms in total. The summed E-state index contributed by atoms with van der Waals surface area (Å²) in [6.45, 7) is 7.89. The second-order valence-corrected chi connectivity index (χ2v) is 6.79. The summed E-state index contributed by atoms with van der Waals surface area (Å²) < 4.78 is 33.1. The number of pyridine rings is 1. The smallest absolute Gasteiger partial charge is 0.263 e. The van der Waals surface area contributed by atoms with Gasteiger partial charge in [0.15, 0.2) is 0 Å². The van der Waals surface area contributed by atoms with Crippen molar-refractivity contribution in [1.29, 1.82) is 0 Å². The Morgan fingerprint density at radius 2 is 1.86 bits per heavy atom. The Morgan fingerprint density at radius 3 is 2.50 bits per heavy atom. The molecule has 0 fully saturated rings. The highest BCUT2D eigenvalue weighted by Crippen LogP contribution is 2.27. The highest BCUT2D eigenvalue weighted by atomic mass is 32.2. The molecular weight excluding hydrogens is 300 g/mol. The summed E-state index contributed by atoms with van der Waals surface area (Å²) in [5, 5.41) is 0. The number of hydrogen-bond donors (Lipinski definition) is 1. The fourth-order valence-corrected chi connectivity index (χ4v) is 3.46. The minimum atomic E-state index is -3.68. The lowest BCUT2D eigenvalue weighted by Gasteiger charge is -2.14. The molecule has 0 amide bonds. The van der Waals surface area contributed by atoms with Gasteiger partial charge in [-0.15, -0.1) is 0 Å². The SMILES string of the molecule is CCOc1cc(C)c(S(=O)(=O)Nc2cc(C)ccn2)cc1C. The van der Waals surface area contributed by atoms with Gasteiger partial charge in [-0.3, -0.25) is 4.72 Å². The van der Waals surface area contributed by atoms with E-state index >= 15 is 0 Å². The monoisotopic (exact) mass is 320 g/mol. The van der Waals surface area contributed by atoms with Crippen LogP contribution < -0.4 is 9.46 Å². The van der Waals surface area contributed by atoms with E-state index in [0.29, 0.717) is 23.7 Å². The summed E-state index contributed by atoms with van der Waals surface area (Å²) in [7, 11) is -3.68. The Labute approximate surface area is 131 Å². The maximum Gasteiger partial charge on any atom is 0.263 e. The summed E-state index contributed by atoms with van der Waals surface area (Å²) in [6.07, 6.45) is 1.57. The number of aryl methyl sites for hydroxylation is 3. The second-order valence-electron chi connectivity index (χ2n) is 5.14. The largest absolute Gasteiger partial charge is 0.494 e. The molecule has 1 aromatic heterocycles. The van der Waals surface area contributed by atoms with Crippen LogP contribution in [0.5, 0.6) is 5.75 Å². The second kappa shape index (κ2) is 6.36. The van der Waals surface area contributed by atoms with Gasteiger partial charge in [0.1, 0.15) is 11.6 Å². The molecule has 22 heavy (non-hydrogen) atoms. The third-order valence-electron chi connectivity index (χ3n) is 3.22. The lowest BCUT2D eigenvalue weighted by Crippen LogP contribution is -2.15. The number of benzene rings is 1. The molecule has 1 aromatic carbocycles. The van der Waals surface area contributed by atoms with E-state index in [1.165, 1.54) is 0 Å². The summed E-state index contributed by atoms with van der Waals surface area (Å²) >= 11 is 0. The minimum Gasteiger partial charge on any atom is -0.494 e. The van der Waals surface area contributed by atoms with Crippen LogP contribution in [-0.2, 0) is 10.0 Å². The van der Waals surface area contributed by atoms with Gasteiger partial charge >= 0.3 is 0 Å². The summed E-state index contributed by atoms with van der Waals surface area (Å²) in [5.74, 6) is 1.01. The van der Waals surface area contributed by atoms with Crippen molar-refractivity contribution < 1.29 is 13.2 Å². The maximum atomic E-state index is 12.6. The highest BCUT2D eigenvalue weighted by Gasteiger charge is 2.19. The van der Waals surface area contributed by atoms with E-state index in [2.05, 4.69) is 9.71 Å². The van der Waals surface area contributed by atoms with Crippen LogP contribution >= 0.6 is 0 Å². The number of sulfonamides is 1. The van der Waals surface area contributed by atoms with Gasteiger partial charge in [-0.25, -0.2) is 13.4 Å². The summed E-state index contributed by atoms with van der Waals surface area (Å²) in [5.41, 5.74) is 2.35. The van der Waals surface area contributed by atoms with E-state index < -0.39 is 10.0 Å². The number of rotatable bonds is 5. The van der Waals surface area contributed by atoms with E-state index in [1.807, 2.05) is 26.8 Å². The van der Waals surface area contributed by atoms with Crippen molar-refractivity contribution in [2.75, 3.05) is 11.3 Å². The van der Waals surface area contributed by atoms with Crippen molar-refractivity contribution in [3.05, 3.63) is 47.2 Å². The molecule has 2 aromatic rings. The van der Waals surface area contributed by atoms with E-state index in [0.717, 1.165) is 11.1 Å². The Bertz CT molecular complexity index is 786. The molecule has 6 heteroatoms. The van der Waals surface area contributed by atoms with Crippen molar-refractivity contribution in [2.45, 2.75) is 32.6 Å². The first kappa shape index (κ1) is 16.3. The maximum absolute atomic E-state index is 12.6. The number of aromatic nitrogens is 1. The molecule has 1 heterocycles. The van der Waals surface area contributed by atoms with E-state index in [4.69, 9.17) is 4.74 Å². The zero-order valence-electron chi connectivity index (χ0n) is 13.2. The van der Waals surface area contributed by atoms with Crippen LogP contribution in [0.3, 0.4) is 0 Å². The molecule has 118 valence electrons. The van der Waals surface area contributed by atoms with Crippen molar-refractivity contribution in [1.82, 2.24) is 4.98 Å². The van der Waals surface area contributed by atoms with Crippen LogP contribution in [0.15, 0.2) is 35.4 Å². The fourth-order valence-electron chi connectivity index (χ4n) is 2.15. The quantitative estimate of drug-likeness (QED) is 0.918. The topological polar surface area (TPSA) is 68.3 Å². The number of nitrogens with one attached hydrogen (secondary N) is 1. The Kier molecular flexibility index (Phi) is 4.71. The molecule has 0 atom stereocenters. The predicted molar refractivity (Wildman–Crippen MR) is 86.9 cm³/mol. The van der Waals surface area contributed by atoms with Crippen molar-refractivity contribution >= 4 is 15.8 Å². The third-order valence-corrected chi connectivity index (χ3v) is 4.71. The van der Waals surface area contributed by atoms with Gasteiger partial charge in [0, 0.05) is 6.20 Å². The number of anilines is 1. The van der Waals surface area contributed by atoms with Crippen molar-refractivity contribution in [2.24, 2.45) is 0 Å². The van der Waals surface area contributed by atoms with Gasteiger partial charge in [0.25, 0.3) is 10.0 Å². The standard InChI is InChI=1S/C16H20N2O3S/c1-5-21-14-9-13(4)15(10-12(14)3)22(19,20)18-16-8-11(2)6-7-17-16/h6-10H,5H2,1-4H3,(H,17,18). The Balaban J connectivity index is 2.39. The lowest BCUT2D eigenvalue weighted by atomic mass is 10.1. The molecule has 0 radical (unpaired) electrons. The zero-order chi connectivity index (χ0) is 16.3. The predicted octanol–water partition coefficient (Wildman–Crippen LogP) is 3.21. The molecule has 0 saturated carbocycles. The van der Waals surface area contributed by atoms with Crippen LogP contribution in [0.1, 0.15) is 23.6 Å². The average molecular weight is 320 g/mol. The number of nitrogens with zero attached hydrogens (tertiary/aromatic N) is 1. The van der Waals surface area contributed by atoms with Gasteiger partial charge < -0.3 is 4.74 Å². The van der Waals surface area contributed by atoms with Gasteiger partial charge in [-0.1, -0.05) is 0 Å². The summed E-state index contributed by atoms with van der Waals surface area (Å²) in [4.78, 5) is 4.27. The molecule has 2 rings (SSSR count).